The van der Waals surface area contributed by atoms with Crippen LogP contribution in [0.2, 0.25) is 0 Å². The number of azide groups is 1. The molecule has 0 aliphatic carbocycles. The molecule has 0 aromatic heterocycles. The summed E-state index contributed by atoms with van der Waals surface area (Å²) < 4.78 is 0. The minimum absolute atomic E-state index is 0.0145. The highest BCUT2D eigenvalue weighted by Crippen LogP contribution is 2.28. The molecule has 4 N–H and O–H groups in total. The van der Waals surface area contributed by atoms with Crippen LogP contribution in [0.15, 0.2) is 23.3 Å². The van der Waals surface area contributed by atoms with Gasteiger partial charge in [-0.25, -0.2) is 0 Å². The van der Waals surface area contributed by atoms with Gasteiger partial charge in [0, 0.05) is 10.5 Å². The normalized spacial score (nSPS) is 13.4. The maximum atomic E-state index is 10.6. The lowest BCUT2D eigenvalue weighted by atomic mass is 9.99. The predicted octanol–water partition coefficient (Wildman–Crippen LogP) is 0.724. The van der Waals surface area contributed by atoms with Crippen LogP contribution >= 0.6 is 0 Å². The number of hydrogen-bond donors (Lipinski definition) is 4. The van der Waals surface area contributed by atoms with Gasteiger partial charge in [-0.05, 0) is 23.2 Å². The first kappa shape index (κ1) is 14.8. The molecule has 0 fully saturated rings. The third kappa shape index (κ3) is 4.14. The number of carbonyl (C=O) groups is 1. The van der Waals surface area contributed by atoms with Gasteiger partial charge in [0.15, 0.2) is 0 Å². The molecule has 0 spiro atoms. The number of carboxylic acids is 1. The van der Waals surface area contributed by atoms with Gasteiger partial charge in [0.1, 0.15) is 11.9 Å². The number of benzene rings is 1. The van der Waals surface area contributed by atoms with E-state index in [9.17, 15) is 20.1 Å². The molecule has 1 aromatic carbocycles. The summed E-state index contributed by atoms with van der Waals surface area (Å²) in [5.74, 6) is -1.33. The molecule has 0 heterocycles. The smallest absolute Gasteiger partial charge is 0.307 e. The molecular formula is C11H13N3O5. The summed E-state index contributed by atoms with van der Waals surface area (Å²) in [4.78, 5) is 13.0. The van der Waals surface area contributed by atoms with Gasteiger partial charge in [-0.3, -0.25) is 4.79 Å². The van der Waals surface area contributed by atoms with E-state index in [0.29, 0.717) is 5.56 Å². The summed E-state index contributed by atoms with van der Waals surface area (Å²) in [6.45, 7) is -0.361. The molecule has 0 bridgehead atoms. The summed E-state index contributed by atoms with van der Waals surface area (Å²) in [6, 6.07) is 3.92. The quantitative estimate of drug-likeness (QED) is 0.340. The van der Waals surface area contributed by atoms with Crippen LogP contribution in [0, 0.1) is 0 Å². The van der Waals surface area contributed by atoms with E-state index in [1.807, 2.05) is 0 Å². The molecule has 1 rings (SSSR count). The fraction of sp³-hybridized carbons (Fsp3) is 0.364. The number of aliphatic carboxylic acids is 1. The maximum Gasteiger partial charge on any atom is 0.307 e. The van der Waals surface area contributed by atoms with Crippen molar-refractivity contribution >= 4 is 5.97 Å². The Labute approximate surface area is 108 Å². The second-order valence-electron chi connectivity index (χ2n) is 3.89. The number of carboxylic acid groups (broad SMARTS) is 1. The van der Waals surface area contributed by atoms with E-state index in [4.69, 9.17) is 10.6 Å². The molecule has 0 aliphatic heterocycles. The van der Waals surface area contributed by atoms with E-state index < -0.39 is 18.2 Å². The van der Waals surface area contributed by atoms with Crippen LogP contribution in [-0.4, -0.2) is 39.0 Å². The monoisotopic (exact) mass is 267 g/mol. The number of hydrogen-bond acceptors (Lipinski definition) is 5. The number of aliphatic hydroxyl groups is 2. The van der Waals surface area contributed by atoms with Crippen LogP contribution in [0.4, 0.5) is 0 Å². The van der Waals surface area contributed by atoms with Crippen molar-refractivity contribution in [1.82, 2.24) is 0 Å². The Balaban J connectivity index is 2.97. The number of aromatic hydroxyl groups is 1. The standard InChI is InChI=1S/C11H13N3O5/c12-14-13-5-9(16)11(19)7-3-6(4-10(17)18)1-2-8(7)15/h1-3,9,11,15-16,19H,4-5H2,(H,17,18). The Morgan fingerprint density at radius 3 is 2.68 bits per heavy atom. The first-order valence-electron chi connectivity index (χ1n) is 5.36. The summed E-state index contributed by atoms with van der Waals surface area (Å²) in [7, 11) is 0. The molecule has 0 radical (unpaired) electrons. The third-order valence-corrected chi connectivity index (χ3v) is 2.46. The Bertz CT molecular complexity index is 513. The minimum Gasteiger partial charge on any atom is -0.508 e. The van der Waals surface area contributed by atoms with Crippen molar-refractivity contribution in [3.63, 3.8) is 0 Å². The highest BCUT2D eigenvalue weighted by atomic mass is 16.4. The second kappa shape index (κ2) is 6.60. The molecule has 19 heavy (non-hydrogen) atoms. The summed E-state index contributed by atoms with van der Waals surface area (Å²) in [5.41, 5.74) is 8.47. The van der Waals surface area contributed by atoms with E-state index in [1.54, 1.807) is 0 Å². The molecular weight excluding hydrogens is 254 g/mol. The zero-order chi connectivity index (χ0) is 14.4. The number of phenolic OH excluding ortho intramolecular Hbond substituents is 1. The van der Waals surface area contributed by atoms with Crippen LogP contribution in [0.1, 0.15) is 17.2 Å². The average Bonchev–Trinajstić information content (AvgIpc) is 2.36. The van der Waals surface area contributed by atoms with E-state index >= 15 is 0 Å². The van der Waals surface area contributed by atoms with Crippen LogP contribution in [0.25, 0.3) is 10.4 Å². The van der Waals surface area contributed by atoms with Gasteiger partial charge in [0.25, 0.3) is 0 Å². The molecule has 1 aromatic rings. The molecule has 2 unspecified atom stereocenters. The molecule has 8 heteroatoms. The van der Waals surface area contributed by atoms with Gasteiger partial charge in [0.2, 0.25) is 0 Å². The number of aliphatic hydroxyl groups excluding tert-OH is 2. The van der Waals surface area contributed by atoms with Crippen molar-refractivity contribution in [1.29, 1.82) is 0 Å². The molecule has 0 amide bonds. The zero-order valence-corrected chi connectivity index (χ0v) is 9.84. The van der Waals surface area contributed by atoms with Crippen molar-refractivity contribution in [2.24, 2.45) is 5.11 Å². The fourth-order valence-electron chi connectivity index (χ4n) is 1.55. The van der Waals surface area contributed by atoms with Crippen LogP contribution < -0.4 is 0 Å². The fourth-order valence-corrected chi connectivity index (χ4v) is 1.55. The molecule has 0 saturated carbocycles. The SMILES string of the molecule is [N-]=[N+]=NCC(O)C(O)c1cc(CC(=O)O)ccc1O. The highest BCUT2D eigenvalue weighted by molar-refractivity contribution is 5.70. The van der Waals surface area contributed by atoms with E-state index in [1.165, 1.54) is 18.2 Å². The Kier molecular flexibility index (Phi) is 5.13. The lowest BCUT2D eigenvalue weighted by Gasteiger charge is -2.18. The van der Waals surface area contributed by atoms with Crippen LogP contribution in [-0.2, 0) is 11.2 Å². The summed E-state index contributed by atoms with van der Waals surface area (Å²) in [5, 5.41) is 40.7. The second-order valence-corrected chi connectivity index (χ2v) is 3.89. The Morgan fingerprint density at radius 2 is 2.11 bits per heavy atom. The van der Waals surface area contributed by atoms with Gasteiger partial charge in [-0.2, -0.15) is 0 Å². The number of phenols is 1. The lowest BCUT2D eigenvalue weighted by Crippen LogP contribution is -2.21. The molecule has 8 nitrogen and oxygen atoms in total. The lowest BCUT2D eigenvalue weighted by molar-refractivity contribution is -0.136. The van der Waals surface area contributed by atoms with Crippen molar-refractivity contribution in [2.75, 3.05) is 6.54 Å². The van der Waals surface area contributed by atoms with E-state index in [2.05, 4.69) is 10.0 Å². The number of rotatable bonds is 6. The van der Waals surface area contributed by atoms with Crippen molar-refractivity contribution in [2.45, 2.75) is 18.6 Å². The van der Waals surface area contributed by atoms with Crippen molar-refractivity contribution in [3.8, 4) is 5.75 Å². The van der Waals surface area contributed by atoms with Crippen molar-refractivity contribution < 1.29 is 25.2 Å². The first-order valence-corrected chi connectivity index (χ1v) is 5.36. The summed E-state index contributed by atoms with van der Waals surface area (Å²) in [6.07, 6.45) is -3.13. The largest absolute Gasteiger partial charge is 0.508 e. The zero-order valence-electron chi connectivity index (χ0n) is 9.84. The van der Waals surface area contributed by atoms with Gasteiger partial charge in [-0.15, -0.1) is 0 Å². The van der Waals surface area contributed by atoms with Gasteiger partial charge < -0.3 is 20.4 Å². The topological polar surface area (TPSA) is 147 Å². The average molecular weight is 267 g/mol. The highest BCUT2D eigenvalue weighted by Gasteiger charge is 2.21. The maximum absolute atomic E-state index is 10.6. The molecule has 102 valence electrons. The predicted molar refractivity (Wildman–Crippen MR) is 64.4 cm³/mol. The Hall–Kier alpha value is -2.28. The van der Waals surface area contributed by atoms with Gasteiger partial charge in [0.05, 0.1) is 19.1 Å². The first-order chi connectivity index (χ1) is 8.95. The number of nitrogens with zero attached hydrogens (tertiary/aromatic N) is 3. The third-order valence-electron chi connectivity index (χ3n) is 2.46. The van der Waals surface area contributed by atoms with Crippen LogP contribution in [0.3, 0.4) is 0 Å². The molecule has 2 atom stereocenters. The van der Waals surface area contributed by atoms with Crippen LogP contribution in [0.5, 0.6) is 5.75 Å². The van der Waals surface area contributed by atoms with E-state index in [0.717, 1.165) is 0 Å². The molecule has 0 saturated heterocycles. The van der Waals surface area contributed by atoms with Crippen molar-refractivity contribution in [3.05, 3.63) is 39.8 Å². The van der Waals surface area contributed by atoms with Gasteiger partial charge in [-0.1, -0.05) is 11.2 Å². The van der Waals surface area contributed by atoms with Gasteiger partial charge >= 0.3 is 5.97 Å². The Morgan fingerprint density at radius 1 is 1.42 bits per heavy atom. The molecule has 0 aliphatic rings. The van der Waals surface area contributed by atoms with E-state index in [-0.39, 0.29) is 24.3 Å². The summed E-state index contributed by atoms with van der Waals surface area (Å²) >= 11 is 0. The minimum atomic E-state index is -1.47.